The molecule has 20 heavy (non-hydrogen) atoms. The van der Waals surface area contributed by atoms with Crippen LogP contribution < -0.4 is 0 Å². The highest BCUT2D eigenvalue weighted by atomic mass is 16.5. The smallest absolute Gasteiger partial charge is 0.347 e. The van der Waals surface area contributed by atoms with Gasteiger partial charge in [-0.05, 0) is 25.0 Å². The van der Waals surface area contributed by atoms with E-state index in [0.717, 1.165) is 37.8 Å². The Kier molecular flexibility index (Phi) is 2.92. The van der Waals surface area contributed by atoms with Crippen molar-refractivity contribution in [2.75, 3.05) is 7.11 Å². The number of aliphatic hydroxyl groups is 1. The molecule has 0 atom stereocenters. The number of hydrogen-bond acceptors (Lipinski definition) is 4. The summed E-state index contributed by atoms with van der Waals surface area (Å²) in [4.78, 5) is 24.2. The molecular weight excluding hydrogens is 258 g/mol. The monoisotopic (exact) mass is 275 g/mol. The van der Waals surface area contributed by atoms with Crippen molar-refractivity contribution < 1.29 is 19.4 Å². The second kappa shape index (κ2) is 4.51. The number of nitrogens with zero attached hydrogens (tertiary/aromatic N) is 1. The lowest BCUT2D eigenvalue weighted by molar-refractivity contribution is -0.136. The van der Waals surface area contributed by atoms with E-state index >= 15 is 0 Å². The van der Waals surface area contributed by atoms with Gasteiger partial charge in [0.15, 0.2) is 5.57 Å². The highest BCUT2D eigenvalue weighted by molar-refractivity contribution is 6.18. The number of aliphatic hydroxyl groups excluding tert-OH is 1. The van der Waals surface area contributed by atoms with Gasteiger partial charge in [-0.25, -0.2) is 4.79 Å². The third kappa shape index (κ3) is 1.55. The molecule has 0 unspecified atom stereocenters. The maximum Gasteiger partial charge on any atom is 0.347 e. The number of fused-ring (bicyclic) bond motifs is 2. The molecule has 1 N–H and O–H groups in total. The Labute approximate surface area is 116 Å². The van der Waals surface area contributed by atoms with Crippen LogP contribution in [0.4, 0.5) is 0 Å². The number of ether oxygens (including phenoxy) is 1. The van der Waals surface area contributed by atoms with Crippen LogP contribution in [0.3, 0.4) is 0 Å². The van der Waals surface area contributed by atoms with Crippen molar-refractivity contribution in [1.29, 1.82) is 0 Å². The lowest BCUT2D eigenvalue weighted by atomic mass is 9.68. The van der Waals surface area contributed by atoms with Crippen molar-refractivity contribution in [2.45, 2.75) is 37.5 Å². The van der Waals surface area contributed by atoms with Crippen molar-refractivity contribution >= 4 is 11.9 Å². The molecule has 0 radical (unpaired) electrons. The summed E-state index contributed by atoms with van der Waals surface area (Å²) in [6, 6.07) is 3.63. The molecule has 1 fully saturated rings. The van der Waals surface area contributed by atoms with Gasteiger partial charge in [-0.2, -0.15) is 0 Å². The molecule has 0 saturated heterocycles. The molecule has 1 aliphatic heterocycles. The van der Waals surface area contributed by atoms with Crippen LogP contribution in [0.15, 0.2) is 29.7 Å². The average Bonchev–Trinajstić information content (AvgIpc) is 2.97. The molecule has 106 valence electrons. The number of esters is 1. The minimum atomic E-state index is -0.767. The predicted octanol–water partition coefficient (Wildman–Crippen LogP) is 2.33. The van der Waals surface area contributed by atoms with Crippen LogP contribution in [0.2, 0.25) is 0 Å². The van der Waals surface area contributed by atoms with Crippen molar-refractivity contribution in [3.05, 3.63) is 35.4 Å². The van der Waals surface area contributed by atoms with Gasteiger partial charge in [0, 0.05) is 11.9 Å². The van der Waals surface area contributed by atoms with E-state index in [1.807, 2.05) is 6.07 Å². The van der Waals surface area contributed by atoms with Crippen LogP contribution in [-0.2, 0) is 14.9 Å². The first-order valence-corrected chi connectivity index (χ1v) is 6.86. The molecule has 0 amide bonds. The largest absolute Gasteiger partial charge is 0.510 e. The van der Waals surface area contributed by atoms with Crippen LogP contribution in [0.1, 0.15) is 42.6 Å². The molecule has 2 heterocycles. The lowest BCUT2D eigenvalue weighted by Gasteiger charge is -2.40. The zero-order valence-corrected chi connectivity index (χ0v) is 11.4. The summed E-state index contributed by atoms with van der Waals surface area (Å²) in [5, 5.41) is 10.6. The summed E-state index contributed by atoms with van der Waals surface area (Å²) < 4.78 is 6.13. The normalized spacial score (nSPS) is 20.9. The second-order valence-corrected chi connectivity index (χ2v) is 5.43. The maximum absolute atomic E-state index is 12.4. The second-order valence-electron chi connectivity index (χ2n) is 5.43. The van der Waals surface area contributed by atoms with E-state index in [1.54, 1.807) is 12.3 Å². The van der Waals surface area contributed by atoms with Crippen LogP contribution >= 0.6 is 0 Å². The number of aromatic nitrogens is 1. The Morgan fingerprint density at radius 1 is 1.35 bits per heavy atom. The van der Waals surface area contributed by atoms with E-state index < -0.39 is 17.3 Å². The summed E-state index contributed by atoms with van der Waals surface area (Å²) in [5.74, 6) is -1.39. The van der Waals surface area contributed by atoms with Crippen LogP contribution in [-0.4, -0.2) is 28.7 Å². The van der Waals surface area contributed by atoms with E-state index in [0.29, 0.717) is 0 Å². The summed E-state index contributed by atoms with van der Waals surface area (Å²) in [5.41, 5.74) is -0.0513. The van der Waals surface area contributed by atoms with Gasteiger partial charge in [0.1, 0.15) is 5.76 Å². The topological polar surface area (TPSA) is 68.5 Å². The zero-order chi connectivity index (χ0) is 14.3. The number of allylic oxidation sites excluding steroid dienone is 1. The van der Waals surface area contributed by atoms with Crippen LogP contribution in [0.5, 0.6) is 0 Å². The van der Waals surface area contributed by atoms with Gasteiger partial charge in [-0.15, -0.1) is 0 Å². The van der Waals surface area contributed by atoms with Crippen LogP contribution in [0.25, 0.3) is 0 Å². The number of carbonyl (C=O) groups excluding carboxylic acids is 2. The SMILES string of the molecule is COC(=O)C1=C(O)C2(CCCCC2)c2cccn2C1=O. The molecule has 3 rings (SSSR count). The Morgan fingerprint density at radius 2 is 2.05 bits per heavy atom. The first-order chi connectivity index (χ1) is 9.62. The Balaban J connectivity index is 2.23. The lowest BCUT2D eigenvalue weighted by Crippen LogP contribution is -2.42. The number of rotatable bonds is 1. The highest BCUT2D eigenvalue weighted by Crippen LogP contribution is 2.47. The van der Waals surface area contributed by atoms with Gasteiger partial charge >= 0.3 is 5.97 Å². The summed E-state index contributed by atoms with van der Waals surface area (Å²) in [6.07, 6.45) is 6.18. The van der Waals surface area contributed by atoms with Crippen molar-refractivity contribution in [3.63, 3.8) is 0 Å². The van der Waals surface area contributed by atoms with E-state index in [-0.39, 0.29) is 11.3 Å². The molecule has 1 aliphatic carbocycles. The first kappa shape index (κ1) is 13.0. The summed E-state index contributed by atoms with van der Waals surface area (Å²) >= 11 is 0. The van der Waals surface area contributed by atoms with Crippen molar-refractivity contribution in [1.82, 2.24) is 4.57 Å². The molecule has 5 nitrogen and oxygen atoms in total. The van der Waals surface area contributed by atoms with Crippen LogP contribution in [0, 0.1) is 0 Å². The maximum atomic E-state index is 12.4. The van der Waals surface area contributed by atoms with Gasteiger partial charge in [0.2, 0.25) is 0 Å². The Hall–Kier alpha value is -2.04. The zero-order valence-electron chi connectivity index (χ0n) is 11.4. The molecule has 1 saturated carbocycles. The molecule has 2 aliphatic rings. The summed E-state index contributed by atoms with van der Waals surface area (Å²) in [6.45, 7) is 0. The third-order valence-electron chi connectivity index (χ3n) is 4.46. The van der Waals surface area contributed by atoms with Crippen molar-refractivity contribution in [2.24, 2.45) is 0 Å². The molecule has 5 heteroatoms. The third-order valence-corrected chi connectivity index (χ3v) is 4.46. The molecule has 0 aromatic carbocycles. The number of methoxy groups -OCH3 is 1. The molecule has 0 bridgehead atoms. The molecule has 1 aromatic rings. The fraction of sp³-hybridized carbons (Fsp3) is 0.467. The quantitative estimate of drug-likeness (QED) is 0.631. The minimum Gasteiger partial charge on any atom is -0.510 e. The van der Waals surface area contributed by atoms with Crippen molar-refractivity contribution in [3.8, 4) is 0 Å². The fourth-order valence-corrected chi connectivity index (χ4v) is 3.46. The minimum absolute atomic E-state index is 0.111. The van der Waals surface area contributed by atoms with E-state index in [9.17, 15) is 14.7 Å². The van der Waals surface area contributed by atoms with Gasteiger partial charge in [-0.1, -0.05) is 19.3 Å². The standard InChI is InChI=1S/C15H17NO4/c1-20-14(19)11-12(17)15(7-3-2-4-8-15)10-6-5-9-16(10)13(11)18/h5-6,9,17H,2-4,7-8H2,1H3. The van der Waals surface area contributed by atoms with Gasteiger partial charge in [0.05, 0.1) is 12.5 Å². The highest BCUT2D eigenvalue weighted by Gasteiger charge is 2.48. The molecule has 1 spiro atoms. The predicted molar refractivity (Wildman–Crippen MR) is 71.5 cm³/mol. The molecule has 1 aromatic heterocycles. The number of hydrogen-bond donors (Lipinski definition) is 1. The van der Waals surface area contributed by atoms with E-state index in [1.165, 1.54) is 11.7 Å². The fourth-order valence-electron chi connectivity index (χ4n) is 3.46. The Bertz CT molecular complexity index is 605. The van der Waals surface area contributed by atoms with E-state index in [4.69, 9.17) is 0 Å². The Morgan fingerprint density at radius 3 is 2.70 bits per heavy atom. The van der Waals surface area contributed by atoms with Gasteiger partial charge in [0.25, 0.3) is 5.91 Å². The average molecular weight is 275 g/mol. The molecular formula is C15H17NO4. The van der Waals surface area contributed by atoms with Gasteiger partial charge in [-0.3, -0.25) is 9.36 Å². The summed E-state index contributed by atoms with van der Waals surface area (Å²) in [7, 11) is 1.22. The van der Waals surface area contributed by atoms with Gasteiger partial charge < -0.3 is 9.84 Å². The van der Waals surface area contributed by atoms with E-state index in [2.05, 4.69) is 4.74 Å². The first-order valence-electron chi connectivity index (χ1n) is 6.86. The number of carbonyl (C=O) groups is 2.